The molecule has 0 radical (unpaired) electrons. The molecule has 1 saturated heterocycles. The van der Waals surface area contributed by atoms with Crippen LogP contribution in [-0.2, 0) is 11.2 Å². The predicted molar refractivity (Wildman–Crippen MR) is 148 cm³/mol. The number of rotatable bonds is 6. The summed E-state index contributed by atoms with van der Waals surface area (Å²) in [6.07, 6.45) is 4.92. The molecule has 2 heterocycles. The van der Waals surface area contributed by atoms with Crippen molar-refractivity contribution in [2.45, 2.75) is 39.2 Å². The third-order valence-electron chi connectivity index (χ3n) is 6.20. The Hall–Kier alpha value is -4.32. The fraction of sp³-hybridized carbons (Fsp3) is 0.367. The Bertz CT molecular complexity index is 1330. The number of nitrogens with zero attached hydrogens (tertiary/aromatic N) is 3. The van der Waals surface area contributed by atoms with Gasteiger partial charge < -0.3 is 19.9 Å². The van der Waals surface area contributed by atoms with Gasteiger partial charge >= 0.3 is 6.09 Å². The van der Waals surface area contributed by atoms with Gasteiger partial charge in [0.15, 0.2) is 0 Å². The van der Waals surface area contributed by atoms with Crippen molar-refractivity contribution in [2.75, 3.05) is 37.6 Å². The summed E-state index contributed by atoms with van der Waals surface area (Å²) in [6.45, 7) is 8.32. The number of piperazine rings is 1. The topological polar surface area (TPSA) is 90.6 Å². The third kappa shape index (κ3) is 8.08. The molecule has 1 fully saturated rings. The first kappa shape index (κ1) is 27.7. The van der Waals surface area contributed by atoms with Crippen molar-refractivity contribution >= 4 is 17.7 Å². The number of hydrogen-bond donors (Lipinski definition) is 2. The number of halogens is 1. The van der Waals surface area contributed by atoms with E-state index in [4.69, 9.17) is 4.74 Å². The lowest BCUT2D eigenvalue weighted by molar-refractivity contribution is 0.0240. The molecule has 0 bridgehead atoms. The molecule has 1 aliphatic heterocycles. The van der Waals surface area contributed by atoms with E-state index in [9.17, 15) is 14.0 Å². The molecule has 9 heteroatoms. The number of aromatic nitrogens is 2. The van der Waals surface area contributed by atoms with Crippen LogP contribution in [0.5, 0.6) is 0 Å². The minimum atomic E-state index is -0.549. The Morgan fingerprint density at radius 1 is 1.08 bits per heavy atom. The molecule has 2 aromatic carbocycles. The quantitative estimate of drug-likeness (QED) is 0.364. The van der Waals surface area contributed by atoms with Crippen molar-refractivity contribution < 1.29 is 18.7 Å². The minimum absolute atomic E-state index is 0.173. The van der Waals surface area contributed by atoms with Crippen molar-refractivity contribution in [3.05, 3.63) is 82.9 Å². The number of amides is 2. The van der Waals surface area contributed by atoms with Crippen molar-refractivity contribution in [3.63, 3.8) is 0 Å². The van der Waals surface area contributed by atoms with Gasteiger partial charge in [-0.1, -0.05) is 11.8 Å². The number of benzene rings is 2. The molecule has 204 valence electrons. The van der Waals surface area contributed by atoms with E-state index in [-0.39, 0.29) is 17.8 Å². The Labute approximate surface area is 228 Å². The van der Waals surface area contributed by atoms with E-state index in [2.05, 4.69) is 32.3 Å². The molecular weight excluding hydrogens is 497 g/mol. The molecular formula is C30H34FN5O3. The van der Waals surface area contributed by atoms with Crippen molar-refractivity contribution in [2.24, 2.45) is 0 Å². The SMILES string of the molecule is CC(C)(C)OC(=O)N1CCN(c2ccc(C(=O)NCCCc3cn[nH]c3)cc2C#Cc2ccc(F)cc2)CC1. The number of aryl methyl sites for hydroxylation is 1. The lowest BCUT2D eigenvalue weighted by atomic mass is 10.1. The lowest BCUT2D eigenvalue weighted by Crippen LogP contribution is -2.50. The minimum Gasteiger partial charge on any atom is -0.444 e. The van der Waals surface area contributed by atoms with Crippen LogP contribution < -0.4 is 10.2 Å². The average Bonchev–Trinajstić information content (AvgIpc) is 3.43. The van der Waals surface area contributed by atoms with Crippen LogP contribution in [0.2, 0.25) is 0 Å². The molecule has 0 aliphatic carbocycles. The molecule has 2 amide bonds. The summed E-state index contributed by atoms with van der Waals surface area (Å²) in [5, 5.41) is 9.70. The number of ether oxygens (including phenoxy) is 1. The summed E-state index contributed by atoms with van der Waals surface area (Å²) in [5.41, 5.74) is 3.30. The fourth-order valence-corrected chi connectivity index (χ4v) is 4.19. The normalized spacial score (nSPS) is 13.4. The van der Waals surface area contributed by atoms with Gasteiger partial charge in [-0.25, -0.2) is 9.18 Å². The van der Waals surface area contributed by atoms with E-state index in [1.165, 1.54) is 12.1 Å². The number of H-pyrrole nitrogens is 1. The van der Waals surface area contributed by atoms with Crippen molar-refractivity contribution in [1.82, 2.24) is 20.4 Å². The number of carbonyl (C=O) groups excluding carboxylic acids is 2. The van der Waals surface area contributed by atoms with Gasteiger partial charge in [0.1, 0.15) is 11.4 Å². The zero-order valence-corrected chi connectivity index (χ0v) is 22.6. The number of hydrogen-bond acceptors (Lipinski definition) is 5. The lowest BCUT2D eigenvalue weighted by Gasteiger charge is -2.37. The van der Waals surface area contributed by atoms with Crippen molar-refractivity contribution in [1.29, 1.82) is 0 Å². The molecule has 1 aromatic heterocycles. The molecule has 2 N–H and O–H groups in total. The summed E-state index contributed by atoms with van der Waals surface area (Å²) >= 11 is 0. The maximum absolute atomic E-state index is 13.3. The second-order valence-electron chi connectivity index (χ2n) is 10.4. The van der Waals surface area contributed by atoms with Crippen molar-refractivity contribution in [3.8, 4) is 11.8 Å². The zero-order chi connectivity index (χ0) is 27.8. The molecule has 1 aliphatic rings. The van der Waals surface area contributed by atoms with Gasteiger partial charge in [-0.05, 0) is 81.6 Å². The maximum atomic E-state index is 13.3. The molecule has 0 unspecified atom stereocenters. The van der Waals surface area contributed by atoms with E-state index >= 15 is 0 Å². The fourth-order valence-electron chi connectivity index (χ4n) is 4.19. The molecule has 0 atom stereocenters. The Morgan fingerprint density at radius 3 is 2.49 bits per heavy atom. The number of anilines is 1. The van der Waals surface area contributed by atoms with E-state index in [0.29, 0.717) is 49.4 Å². The molecule has 0 saturated carbocycles. The second kappa shape index (κ2) is 12.5. The number of nitrogens with one attached hydrogen (secondary N) is 2. The summed E-state index contributed by atoms with van der Waals surface area (Å²) in [6, 6.07) is 11.5. The standard InChI is InChI=1S/C30H34FN5O3/c1-30(2,3)39-29(38)36-17-15-35(16-18-36)27-13-10-25(28(37)32-14-4-5-23-20-33-34-21-23)19-24(27)9-6-22-7-11-26(31)12-8-22/h7-8,10-13,19-21H,4-5,14-18H2,1-3H3,(H,32,37)(H,33,34). The van der Waals surface area contributed by atoms with Gasteiger partial charge in [0.2, 0.25) is 0 Å². The van der Waals surface area contributed by atoms with Crippen LogP contribution in [0.4, 0.5) is 14.9 Å². The first-order valence-corrected chi connectivity index (χ1v) is 13.1. The van der Waals surface area contributed by atoms with Crippen LogP contribution >= 0.6 is 0 Å². The van der Waals surface area contributed by atoms with Crippen LogP contribution in [-0.4, -0.2) is 65.4 Å². The zero-order valence-electron chi connectivity index (χ0n) is 22.6. The highest BCUT2D eigenvalue weighted by Gasteiger charge is 2.26. The average molecular weight is 532 g/mol. The third-order valence-corrected chi connectivity index (χ3v) is 6.20. The Balaban J connectivity index is 1.48. The van der Waals surface area contributed by atoms with Crippen LogP contribution in [0, 0.1) is 17.7 Å². The molecule has 8 nitrogen and oxygen atoms in total. The number of aromatic amines is 1. The Morgan fingerprint density at radius 2 is 1.82 bits per heavy atom. The molecule has 39 heavy (non-hydrogen) atoms. The van der Waals surface area contributed by atoms with Crippen LogP contribution in [0.15, 0.2) is 54.9 Å². The van der Waals surface area contributed by atoms with Gasteiger partial charge in [0.25, 0.3) is 5.91 Å². The van der Waals surface area contributed by atoms with Gasteiger partial charge in [-0.2, -0.15) is 5.10 Å². The van der Waals surface area contributed by atoms with Crippen LogP contribution in [0.1, 0.15) is 54.2 Å². The highest BCUT2D eigenvalue weighted by atomic mass is 19.1. The Kier molecular flexibility index (Phi) is 8.87. The largest absolute Gasteiger partial charge is 0.444 e. The van der Waals surface area contributed by atoms with Gasteiger partial charge in [-0.3, -0.25) is 9.89 Å². The van der Waals surface area contributed by atoms with E-state index in [1.807, 2.05) is 33.0 Å². The summed E-state index contributed by atoms with van der Waals surface area (Å²) in [5.74, 6) is 5.77. The second-order valence-corrected chi connectivity index (χ2v) is 10.4. The molecule has 0 spiro atoms. The smallest absolute Gasteiger partial charge is 0.410 e. The molecule has 4 rings (SSSR count). The van der Waals surface area contributed by atoms with Gasteiger partial charge in [0.05, 0.1) is 11.9 Å². The van der Waals surface area contributed by atoms with Gasteiger partial charge in [0, 0.05) is 55.6 Å². The highest BCUT2D eigenvalue weighted by Crippen LogP contribution is 2.24. The van der Waals surface area contributed by atoms with Crippen LogP contribution in [0.25, 0.3) is 0 Å². The first-order valence-electron chi connectivity index (χ1n) is 13.1. The maximum Gasteiger partial charge on any atom is 0.410 e. The van der Waals surface area contributed by atoms with Gasteiger partial charge in [-0.15, -0.1) is 0 Å². The van der Waals surface area contributed by atoms with E-state index in [1.54, 1.807) is 35.4 Å². The summed E-state index contributed by atoms with van der Waals surface area (Å²) in [7, 11) is 0. The predicted octanol–water partition coefficient (Wildman–Crippen LogP) is 4.37. The number of carbonyl (C=O) groups is 2. The monoisotopic (exact) mass is 531 g/mol. The van der Waals surface area contributed by atoms with E-state index < -0.39 is 5.60 Å². The summed E-state index contributed by atoms with van der Waals surface area (Å²) in [4.78, 5) is 29.2. The molecule has 3 aromatic rings. The van der Waals surface area contributed by atoms with E-state index in [0.717, 1.165) is 24.1 Å². The van der Waals surface area contributed by atoms with Crippen LogP contribution in [0.3, 0.4) is 0 Å². The summed E-state index contributed by atoms with van der Waals surface area (Å²) < 4.78 is 18.9. The first-order chi connectivity index (χ1) is 18.7. The highest BCUT2D eigenvalue weighted by molar-refractivity contribution is 5.95.